The summed E-state index contributed by atoms with van der Waals surface area (Å²) in [5, 5.41) is 17.7. The summed E-state index contributed by atoms with van der Waals surface area (Å²) in [7, 11) is 0. The molecule has 0 bridgehead atoms. The predicted molar refractivity (Wildman–Crippen MR) is 50.9 cm³/mol. The van der Waals surface area contributed by atoms with Gasteiger partial charge < -0.3 is 10.2 Å². The predicted octanol–water partition coefficient (Wildman–Crippen LogP) is 1.66. The Bertz CT molecular complexity index is 92.0. The topological polar surface area (TPSA) is 40.5 Å². The lowest BCUT2D eigenvalue weighted by Crippen LogP contribution is -2.11. The van der Waals surface area contributed by atoms with Gasteiger partial charge in [-0.1, -0.05) is 20.8 Å². The molecule has 1 unspecified atom stereocenters. The summed E-state index contributed by atoms with van der Waals surface area (Å²) < 4.78 is 0. The van der Waals surface area contributed by atoms with Crippen LogP contribution >= 0.6 is 0 Å². The molecule has 2 nitrogen and oxygen atoms in total. The first-order chi connectivity index (χ1) is 5.60. The highest BCUT2D eigenvalue weighted by molar-refractivity contribution is 4.62. The van der Waals surface area contributed by atoms with Gasteiger partial charge in [-0.3, -0.25) is 0 Å². The van der Waals surface area contributed by atoms with Crippen LogP contribution in [0.5, 0.6) is 0 Å². The molecule has 0 aliphatic carbocycles. The maximum Gasteiger partial charge on any atom is 0.0456 e. The van der Waals surface area contributed by atoms with Gasteiger partial charge in [-0.2, -0.15) is 0 Å². The molecular weight excluding hydrogens is 152 g/mol. The Morgan fingerprint density at radius 2 is 1.08 bits per heavy atom. The Hall–Kier alpha value is -0.0800. The Balaban J connectivity index is 3.51. The summed E-state index contributed by atoms with van der Waals surface area (Å²) in [6.07, 6.45) is 2.11. The molecule has 0 heterocycles. The highest BCUT2D eigenvalue weighted by atomic mass is 16.3. The van der Waals surface area contributed by atoms with E-state index in [1.807, 2.05) is 0 Å². The SMILES string of the molecule is CC(C[C@H](C)CO)C[C@@H](C)CO. The molecule has 0 fully saturated rings. The summed E-state index contributed by atoms with van der Waals surface area (Å²) >= 11 is 0. The van der Waals surface area contributed by atoms with Crippen molar-refractivity contribution in [3.63, 3.8) is 0 Å². The van der Waals surface area contributed by atoms with Gasteiger partial charge in [-0.15, -0.1) is 0 Å². The molecule has 0 saturated carbocycles. The van der Waals surface area contributed by atoms with Crippen LogP contribution in [0, 0.1) is 17.8 Å². The second kappa shape index (κ2) is 6.44. The average Bonchev–Trinajstić information content (AvgIpc) is 2.03. The molecule has 0 saturated heterocycles. The van der Waals surface area contributed by atoms with Crippen molar-refractivity contribution in [3.05, 3.63) is 0 Å². The Kier molecular flexibility index (Phi) is 6.39. The van der Waals surface area contributed by atoms with Crippen molar-refractivity contribution < 1.29 is 10.2 Å². The molecule has 74 valence electrons. The summed E-state index contributed by atoms with van der Waals surface area (Å²) in [5.74, 6) is 1.39. The smallest absolute Gasteiger partial charge is 0.0456 e. The summed E-state index contributed by atoms with van der Waals surface area (Å²) in [5.41, 5.74) is 0. The molecule has 0 spiro atoms. The maximum absolute atomic E-state index is 8.83. The van der Waals surface area contributed by atoms with E-state index in [9.17, 15) is 0 Å². The van der Waals surface area contributed by atoms with Crippen molar-refractivity contribution in [2.45, 2.75) is 33.6 Å². The molecule has 2 heteroatoms. The number of rotatable bonds is 6. The quantitative estimate of drug-likeness (QED) is 0.643. The van der Waals surface area contributed by atoms with Gasteiger partial charge in [-0.25, -0.2) is 0 Å². The van der Waals surface area contributed by atoms with E-state index < -0.39 is 0 Å². The highest BCUT2D eigenvalue weighted by Crippen LogP contribution is 2.18. The number of aliphatic hydroxyl groups is 2. The van der Waals surface area contributed by atoms with Crippen LogP contribution in [0.15, 0.2) is 0 Å². The van der Waals surface area contributed by atoms with Crippen LogP contribution in [0.25, 0.3) is 0 Å². The molecule has 0 aromatic rings. The molecule has 0 amide bonds. The van der Waals surface area contributed by atoms with E-state index in [-0.39, 0.29) is 13.2 Å². The first-order valence-electron chi connectivity index (χ1n) is 4.81. The molecule has 0 aromatic carbocycles. The number of hydrogen-bond acceptors (Lipinski definition) is 2. The minimum atomic E-state index is 0.276. The summed E-state index contributed by atoms with van der Waals surface area (Å²) in [4.78, 5) is 0. The van der Waals surface area contributed by atoms with Gasteiger partial charge in [0.25, 0.3) is 0 Å². The van der Waals surface area contributed by atoms with Crippen molar-refractivity contribution in [2.75, 3.05) is 13.2 Å². The fourth-order valence-corrected chi connectivity index (χ4v) is 1.62. The maximum atomic E-state index is 8.83. The third-order valence-corrected chi connectivity index (χ3v) is 2.23. The molecule has 0 rings (SSSR count). The second-order valence-corrected chi connectivity index (χ2v) is 4.15. The average molecular weight is 174 g/mol. The lowest BCUT2D eigenvalue weighted by atomic mass is 9.90. The van der Waals surface area contributed by atoms with E-state index in [2.05, 4.69) is 20.8 Å². The van der Waals surface area contributed by atoms with Gasteiger partial charge in [0.15, 0.2) is 0 Å². The molecule has 2 N–H and O–H groups in total. The Morgan fingerprint density at radius 3 is 1.33 bits per heavy atom. The minimum Gasteiger partial charge on any atom is -0.396 e. The molecule has 3 atom stereocenters. The van der Waals surface area contributed by atoms with Crippen molar-refractivity contribution in [1.82, 2.24) is 0 Å². The Morgan fingerprint density at radius 1 is 0.750 bits per heavy atom. The minimum absolute atomic E-state index is 0.276. The zero-order chi connectivity index (χ0) is 9.56. The van der Waals surface area contributed by atoms with Gasteiger partial charge in [0.05, 0.1) is 0 Å². The van der Waals surface area contributed by atoms with Gasteiger partial charge in [-0.05, 0) is 30.6 Å². The largest absolute Gasteiger partial charge is 0.396 e. The highest BCUT2D eigenvalue weighted by Gasteiger charge is 2.10. The Labute approximate surface area is 75.6 Å². The van der Waals surface area contributed by atoms with Crippen molar-refractivity contribution >= 4 is 0 Å². The monoisotopic (exact) mass is 174 g/mol. The summed E-state index contributed by atoms with van der Waals surface area (Å²) in [6.45, 7) is 6.84. The zero-order valence-electron chi connectivity index (χ0n) is 8.45. The first-order valence-corrected chi connectivity index (χ1v) is 4.81. The van der Waals surface area contributed by atoms with E-state index in [0.717, 1.165) is 12.8 Å². The van der Waals surface area contributed by atoms with Crippen LogP contribution in [0.1, 0.15) is 33.6 Å². The van der Waals surface area contributed by atoms with E-state index >= 15 is 0 Å². The lowest BCUT2D eigenvalue weighted by molar-refractivity contribution is 0.185. The molecular formula is C10H22O2. The van der Waals surface area contributed by atoms with Gasteiger partial charge in [0.1, 0.15) is 0 Å². The first kappa shape index (κ1) is 11.9. The molecule has 0 radical (unpaired) electrons. The third kappa shape index (κ3) is 5.56. The van der Waals surface area contributed by atoms with Crippen molar-refractivity contribution in [3.8, 4) is 0 Å². The molecule has 0 aromatic heterocycles. The van der Waals surface area contributed by atoms with Crippen LogP contribution in [0.3, 0.4) is 0 Å². The van der Waals surface area contributed by atoms with Crippen LogP contribution < -0.4 is 0 Å². The fraction of sp³-hybridized carbons (Fsp3) is 1.00. The molecule has 12 heavy (non-hydrogen) atoms. The molecule has 0 aliphatic rings. The summed E-state index contributed by atoms with van der Waals surface area (Å²) in [6, 6.07) is 0. The zero-order valence-corrected chi connectivity index (χ0v) is 8.45. The fourth-order valence-electron chi connectivity index (χ4n) is 1.62. The normalized spacial score (nSPS) is 18.8. The van der Waals surface area contributed by atoms with Crippen LogP contribution in [0.2, 0.25) is 0 Å². The van der Waals surface area contributed by atoms with E-state index in [4.69, 9.17) is 10.2 Å². The van der Waals surface area contributed by atoms with Crippen LogP contribution in [-0.4, -0.2) is 23.4 Å². The van der Waals surface area contributed by atoms with Gasteiger partial charge >= 0.3 is 0 Å². The molecule has 0 aliphatic heterocycles. The third-order valence-electron chi connectivity index (χ3n) is 2.23. The van der Waals surface area contributed by atoms with Gasteiger partial charge in [0, 0.05) is 13.2 Å². The number of aliphatic hydroxyl groups excluding tert-OH is 2. The number of hydrogen-bond donors (Lipinski definition) is 2. The van der Waals surface area contributed by atoms with Crippen molar-refractivity contribution in [1.29, 1.82) is 0 Å². The van der Waals surface area contributed by atoms with Gasteiger partial charge in [0.2, 0.25) is 0 Å². The standard InChI is InChI=1S/C10H22O2/c1-8(4-9(2)6-11)5-10(3)7-12/h8-12H,4-7H2,1-3H3/t8?,9-,10+. The van der Waals surface area contributed by atoms with E-state index in [0.29, 0.717) is 17.8 Å². The van der Waals surface area contributed by atoms with Crippen LogP contribution in [-0.2, 0) is 0 Å². The van der Waals surface area contributed by atoms with E-state index in [1.54, 1.807) is 0 Å². The van der Waals surface area contributed by atoms with Crippen molar-refractivity contribution in [2.24, 2.45) is 17.8 Å². The van der Waals surface area contributed by atoms with Crippen LogP contribution in [0.4, 0.5) is 0 Å². The van der Waals surface area contributed by atoms with E-state index in [1.165, 1.54) is 0 Å². The second-order valence-electron chi connectivity index (χ2n) is 4.15. The lowest BCUT2D eigenvalue weighted by Gasteiger charge is -2.18.